The van der Waals surface area contributed by atoms with E-state index in [0.717, 1.165) is 11.1 Å². The molecule has 2 rings (SSSR count). The molecule has 0 aliphatic carbocycles. The molecular weight excluding hydrogens is 192 g/mol. The van der Waals surface area contributed by atoms with Gasteiger partial charge >= 0.3 is 0 Å². The molecule has 0 amide bonds. The van der Waals surface area contributed by atoms with Crippen LogP contribution in [0.5, 0.6) is 0 Å². The Hall–Kier alpha value is -1.68. The second kappa shape index (κ2) is 4.23. The second-order valence-corrected chi connectivity index (χ2v) is 3.34. The van der Waals surface area contributed by atoms with Crippen molar-refractivity contribution in [2.45, 2.75) is 13.3 Å². The summed E-state index contributed by atoms with van der Waals surface area (Å²) in [5.41, 5.74) is 2.06. The van der Waals surface area contributed by atoms with Crippen molar-refractivity contribution in [1.29, 1.82) is 0 Å². The Morgan fingerprint density at radius 2 is 2.20 bits per heavy atom. The standard InChI is InChI=1S/C11H12N2O2/c1-8-3-2-4-9(7-8)11-13-12-10(15-11)5-6-14/h2-4,7,14H,5-6H2,1H3. The minimum atomic E-state index is 0.0233. The highest BCUT2D eigenvalue weighted by Crippen LogP contribution is 2.18. The van der Waals surface area contributed by atoms with Crippen molar-refractivity contribution in [3.8, 4) is 11.5 Å². The van der Waals surface area contributed by atoms with Crippen LogP contribution in [0, 0.1) is 6.92 Å². The van der Waals surface area contributed by atoms with Crippen LogP contribution in [0.2, 0.25) is 0 Å². The van der Waals surface area contributed by atoms with Crippen LogP contribution in [0.1, 0.15) is 11.5 Å². The van der Waals surface area contributed by atoms with E-state index in [1.807, 2.05) is 31.2 Å². The first-order valence-electron chi connectivity index (χ1n) is 4.80. The van der Waals surface area contributed by atoms with Crippen LogP contribution in [0.25, 0.3) is 11.5 Å². The van der Waals surface area contributed by atoms with Crippen LogP contribution in [-0.4, -0.2) is 21.9 Å². The van der Waals surface area contributed by atoms with Crippen molar-refractivity contribution in [3.05, 3.63) is 35.7 Å². The molecule has 0 atom stereocenters. The molecule has 1 heterocycles. The largest absolute Gasteiger partial charge is 0.421 e. The molecule has 0 spiro atoms. The summed E-state index contributed by atoms with van der Waals surface area (Å²) in [5.74, 6) is 0.969. The van der Waals surface area contributed by atoms with Gasteiger partial charge in [-0.25, -0.2) is 0 Å². The Bertz CT molecular complexity index is 451. The quantitative estimate of drug-likeness (QED) is 0.824. The first-order chi connectivity index (χ1) is 7.29. The molecule has 0 bridgehead atoms. The molecule has 4 heteroatoms. The second-order valence-electron chi connectivity index (χ2n) is 3.34. The molecule has 2 aromatic rings. The molecule has 1 aromatic heterocycles. The predicted octanol–water partition coefficient (Wildman–Crippen LogP) is 1.58. The zero-order valence-electron chi connectivity index (χ0n) is 8.47. The average Bonchev–Trinajstić information content (AvgIpc) is 2.67. The van der Waals surface area contributed by atoms with Gasteiger partial charge in [-0.05, 0) is 19.1 Å². The molecule has 15 heavy (non-hydrogen) atoms. The lowest BCUT2D eigenvalue weighted by molar-refractivity contribution is 0.285. The molecule has 0 aliphatic rings. The van der Waals surface area contributed by atoms with Crippen LogP contribution in [0.15, 0.2) is 28.7 Å². The van der Waals surface area contributed by atoms with E-state index in [-0.39, 0.29) is 6.61 Å². The highest BCUT2D eigenvalue weighted by Gasteiger charge is 2.07. The Balaban J connectivity index is 2.29. The molecule has 1 N–H and O–H groups in total. The van der Waals surface area contributed by atoms with Crippen molar-refractivity contribution in [1.82, 2.24) is 10.2 Å². The molecule has 0 unspecified atom stereocenters. The minimum Gasteiger partial charge on any atom is -0.421 e. The number of benzene rings is 1. The van der Waals surface area contributed by atoms with E-state index in [2.05, 4.69) is 10.2 Å². The van der Waals surface area contributed by atoms with E-state index in [4.69, 9.17) is 9.52 Å². The normalized spacial score (nSPS) is 10.5. The van der Waals surface area contributed by atoms with Crippen LogP contribution >= 0.6 is 0 Å². The van der Waals surface area contributed by atoms with Crippen molar-refractivity contribution < 1.29 is 9.52 Å². The maximum absolute atomic E-state index is 8.72. The lowest BCUT2D eigenvalue weighted by Gasteiger charge is -1.95. The number of hydrogen-bond donors (Lipinski definition) is 1. The number of nitrogens with zero attached hydrogens (tertiary/aromatic N) is 2. The summed E-state index contributed by atoms with van der Waals surface area (Å²) in [4.78, 5) is 0. The van der Waals surface area contributed by atoms with Gasteiger partial charge in [0.25, 0.3) is 0 Å². The highest BCUT2D eigenvalue weighted by molar-refractivity contribution is 5.53. The van der Waals surface area contributed by atoms with Gasteiger partial charge in [0.1, 0.15) is 0 Å². The maximum atomic E-state index is 8.72. The third kappa shape index (κ3) is 2.22. The lowest BCUT2D eigenvalue weighted by atomic mass is 10.1. The van der Waals surface area contributed by atoms with Gasteiger partial charge in [-0.1, -0.05) is 17.7 Å². The summed E-state index contributed by atoms with van der Waals surface area (Å²) < 4.78 is 5.38. The van der Waals surface area contributed by atoms with Crippen LogP contribution in [-0.2, 0) is 6.42 Å². The number of aromatic nitrogens is 2. The molecule has 0 fully saturated rings. The monoisotopic (exact) mass is 204 g/mol. The number of aryl methyl sites for hydroxylation is 1. The fraction of sp³-hybridized carbons (Fsp3) is 0.273. The van der Waals surface area contributed by atoms with E-state index < -0.39 is 0 Å². The molecule has 0 radical (unpaired) electrons. The Kier molecular flexibility index (Phi) is 2.78. The summed E-state index contributed by atoms with van der Waals surface area (Å²) in [7, 11) is 0. The lowest BCUT2D eigenvalue weighted by Crippen LogP contribution is -1.89. The van der Waals surface area contributed by atoms with E-state index in [1.165, 1.54) is 0 Å². The highest BCUT2D eigenvalue weighted by atomic mass is 16.4. The van der Waals surface area contributed by atoms with Gasteiger partial charge in [0.05, 0.1) is 6.61 Å². The van der Waals surface area contributed by atoms with Crippen molar-refractivity contribution in [2.24, 2.45) is 0 Å². The summed E-state index contributed by atoms with van der Waals surface area (Å²) in [6.07, 6.45) is 0.402. The molecule has 1 aromatic carbocycles. The summed E-state index contributed by atoms with van der Waals surface area (Å²) in [6.45, 7) is 2.03. The SMILES string of the molecule is Cc1cccc(-c2nnc(CCO)o2)c1. The first kappa shape index (κ1) is 9.86. The fourth-order valence-corrected chi connectivity index (χ4v) is 1.35. The molecule has 78 valence electrons. The fourth-order valence-electron chi connectivity index (χ4n) is 1.35. The average molecular weight is 204 g/mol. The van der Waals surface area contributed by atoms with Gasteiger partial charge in [0, 0.05) is 12.0 Å². The Labute approximate surface area is 87.6 Å². The topological polar surface area (TPSA) is 59.2 Å². The smallest absolute Gasteiger partial charge is 0.247 e. The Morgan fingerprint density at radius 1 is 1.33 bits per heavy atom. The third-order valence-corrected chi connectivity index (χ3v) is 2.06. The van der Waals surface area contributed by atoms with Crippen LogP contribution in [0.4, 0.5) is 0 Å². The third-order valence-electron chi connectivity index (χ3n) is 2.06. The van der Waals surface area contributed by atoms with Crippen LogP contribution in [0.3, 0.4) is 0 Å². The number of rotatable bonds is 3. The van der Waals surface area contributed by atoms with E-state index >= 15 is 0 Å². The molecule has 4 nitrogen and oxygen atoms in total. The predicted molar refractivity (Wildman–Crippen MR) is 55.3 cm³/mol. The summed E-state index contributed by atoms with van der Waals surface area (Å²) in [5, 5.41) is 16.5. The summed E-state index contributed by atoms with van der Waals surface area (Å²) in [6, 6.07) is 7.86. The molecule has 0 saturated carbocycles. The zero-order chi connectivity index (χ0) is 10.7. The first-order valence-corrected chi connectivity index (χ1v) is 4.80. The van der Waals surface area contributed by atoms with E-state index in [1.54, 1.807) is 0 Å². The van der Waals surface area contributed by atoms with Gasteiger partial charge in [-0.3, -0.25) is 0 Å². The number of aliphatic hydroxyl groups is 1. The molecule has 0 saturated heterocycles. The van der Waals surface area contributed by atoms with Gasteiger partial charge in [0.15, 0.2) is 0 Å². The van der Waals surface area contributed by atoms with E-state index in [0.29, 0.717) is 18.2 Å². The van der Waals surface area contributed by atoms with Gasteiger partial charge < -0.3 is 9.52 Å². The van der Waals surface area contributed by atoms with Crippen molar-refractivity contribution in [2.75, 3.05) is 6.61 Å². The minimum absolute atomic E-state index is 0.0233. The van der Waals surface area contributed by atoms with Gasteiger partial charge in [-0.15, -0.1) is 10.2 Å². The molecule has 0 aliphatic heterocycles. The Morgan fingerprint density at radius 3 is 2.93 bits per heavy atom. The number of hydrogen-bond acceptors (Lipinski definition) is 4. The number of aliphatic hydroxyl groups excluding tert-OH is 1. The van der Waals surface area contributed by atoms with Crippen molar-refractivity contribution >= 4 is 0 Å². The van der Waals surface area contributed by atoms with Gasteiger partial charge in [0.2, 0.25) is 11.8 Å². The summed E-state index contributed by atoms with van der Waals surface area (Å²) >= 11 is 0. The van der Waals surface area contributed by atoms with Crippen molar-refractivity contribution in [3.63, 3.8) is 0 Å². The zero-order valence-corrected chi connectivity index (χ0v) is 8.47. The van der Waals surface area contributed by atoms with E-state index in [9.17, 15) is 0 Å². The maximum Gasteiger partial charge on any atom is 0.247 e. The molecular formula is C11H12N2O2. The van der Waals surface area contributed by atoms with Crippen LogP contribution < -0.4 is 0 Å². The van der Waals surface area contributed by atoms with Gasteiger partial charge in [-0.2, -0.15) is 0 Å².